The zero-order chi connectivity index (χ0) is 19.3. The fourth-order valence-electron chi connectivity index (χ4n) is 3.11. The SMILES string of the molecule is O=C(NC1CC1)c1ccc(CN(Cc2ccco2)C(=O)C2CSCCS2)cc1. The zero-order valence-electron chi connectivity index (χ0n) is 15.6. The lowest BCUT2D eigenvalue weighted by atomic mass is 10.1. The van der Waals surface area contributed by atoms with Gasteiger partial charge in [-0.05, 0) is 42.7 Å². The first-order valence-electron chi connectivity index (χ1n) is 9.59. The Morgan fingerprint density at radius 3 is 2.57 bits per heavy atom. The largest absolute Gasteiger partial charge is 0.467 e. The number of nitrogens with zero attached hydrogens (tertiary/aromatic N) is 1. The van der Waals surface area contributed by atoms with Gasteiger partial charge in [0.05, 0.1) is 18.1 Å². The summed E-state index contributed by atoms with van der Waals surface area (Å²) in [5, 5.41) is 3.00. The van der Waals surface area contributed by atoms with Crippen LogP contribution in [-0.2, 0) is 17.9 Å². The van der Waals surface area contributed by atoms with E-state index in [4.69, 9.17) is 4.42 Å². The molecule has 0 bridgehead atoms. The second-order valence-corrected chi connectivity index (χ2v) is 9.61. The molecule has 1 saturated carbocycles. The molecule has 2 aromatic rings. The Labute approximate surface area is 173 Å². The van der Waals surface area contributed by atoms with Crippen molar-refractivity contribution in [3.8, 4) is 0 Å². The van der Waals surface area contributed by atoms with Crippen LogP contribution in [0.5, 0.6) is 0 Å². The number of amides is 2. The summed E-state index contributed by atoms with van der Waals surface area (Å²) in [6.45, 7) is 0.962. The van der Waals surface area contributed by atoms with Gasteiger partial charge in [0.1, 0.15) is 5.76 Å². The Hall–Kier alpha value is -1.86. The van der Waals surface area contributed by atoms with E-state index in [-0.39, 0.29) is 17.1 Å². The molecule has 1 aromatic heterocycles. The first kappa shape index (κ1) is 19.5. The maximum absolute atomic E-state index is 13.1. The molecule has 2 aliphatic rings. The van der Waals surface area contributed by atoms with Crippen LogP contribution in [0.15, 0.2) is 47.1 Å². The number of furan rings is 1. The fraction of sp³-hybridized carbons (Fsp3) is 0.429. The smallest absolute Gasteiger partial charge is 0.251 e. The second-order valence-electron chi connectivity index (χ2n) is 7.15. The normalized spacial score (nSPS) is 19.2. The van der Waals surface area contributed by atoms with Crippen molar-refractivity contribution in [1.82, 2.24) is 10.2 Å². The van der Waals surface area contributed by atoms with Crippen LogP contribution in [0.1, 0.15) is 34.5 Å². The minimum Gasteiger partial charge on any atom is -0.467 e. The van der Waals surface area contributed by atoms with Crippen molar-refractivity contribution in [1.29, 1.82) is 0 Å². The van der Waals surface area contributed by atoms with E-state index in [1.165, 1.54) is 0 Å². The van der Waals surface area contributed by atoms with Crippen molar-refractivity contribution in [3.05, 3.63) is 59.5 Å². The van der Waals surface area contributed by atoms with Crippen molar-refractivity contribution in [2.75, 3.05) is 17.3 Å². The third-order valence-electron chi connectivity index (χ3n) is 4.83. The summed E-state index contributed by atoms with van der Waals surface area (Å²) in [4.78, 5) is 27.1. The number of nitrogens with one attached hydrogen (secondary N) is 1. The number of carbonyl (C=O) groups excluding carboxylic acids is 2. The molecule has 2 heterocycles. The van der Waals surface area contributed by atoms with Gasteiger partial charge in [-0.2, -0.15) is 11.8 Å². The van der Waals surface area contributed by atoms with Gasteiger partial charge in [0.25, 0.3) is 5.91 Å². The maximum Gasteiger partial charge on any atom is 0.251 e. The third kappa shape index (κ3) is 5.14. The molecule has 1 unspecified atom stereocenters. The van der Waals surface area contributed by atoms with Crippen LogP contribution in [0.4, 0.5) is 0 Å². The lowest BCUT2D eigenvalue weighted by Gasteiger charge is -2.28. The molecule has 1 aliphatic carbocycles. The molecule has 1 saturated heterocycles. The van der Waals surface area contributed by atoms with E-state index in [1.54, 1.807) is 18.0 Å². The molecular weight excluding hydrogens is 392 g/mol. The highest BCUT2D eigenvalue weighted by molar-refractivity contribution is 8.07. The fourth-order valence-corrected chi connectivity index (χ4v) is 5.74. The summed E-state index contributed by atoms with van der Waals surface area (Å²) in [7, 11) is 0. The molecule has 0 radical (unpaired) electrons. The van der Waals surface area contributed by atoms with Crippen LogP contribution in [0.3, 0.4) is 0 Å². The predicted octanol–water partition coefficient (Wildman–Crippen LogP) is 3.55. The summed E-state index contributed by atoms with van der Waals surface area (Å²) < 4.78 is 5.47. The Morgan fingerprint density at radius 1 is 1.11 bits per heavy atom. The Balaban J connectivity index is 1.44. The second kappa shape index (κ2) is 9.09. The quantitative estimate of drug-likeness (QED) is 0.748. The van der Waals surface area contributed by atoms with E-state index < -0.39 is 0 Å². The van der Waals surface area contributed by atoms with Gasteiger partial charge in [0.2, 0.25) is 5.91 Å². The lowest BCUT2D eigenvalue weighted by molar-refractivity contribution is -0.131. The van der Waals surface area contributed by atoms with E-state index in [9.17, 15) is 9.59 Å². The van der Waals surface area contributed by atoms with Gasteiger partial charge in [0.15, 0.2) is 0 Å². The van der Waals surface area contributed by atoms with Crippen molar-refractivity contribution in [2.45, 2.75) is 37.2 Å². The van der Waals surface area contributed by atoms with Crippen molar-refractivity contribution in [2.24, 2.45) is 0 Å². The van der Waals surface area contributed by atoms with Crippen LogP contribution < -0.4 is 5.32 Å². The highest BCUT2D eigenvalue weighted by atomic mass is 32.2. The third-order valence-corrected chi connectivity index (χ3v) is 7.57. The van der Waals surface area contributed by atoms with Gasteiger partial charge < -0.3 is 14.6 Å². The van der Waals surface area contributed by atoms with Gasteiger partial charge in [-0.25, -0.2) is 0 Å². The average Bonchev–Trinajstić information content (AvgIpc) is 3.39. The molecule has 1 N–H and O–H groups in total. The van der Waals surface area contributed by atoms with Gasteiger partial charge in [-0.15, -0.1) is 11.8 Å². The standard InChI is InChI=1S/C21H24N2O3S2/c24-20(22-17-7-8-17)16-5-3-15(4-6-16)12-23(13-18-2-1-9-26-18)21(25)19-14-27-10-11-28-19/h1-6,9,17,19H,7-8,10-14H2,(H,22,24). The van der Waals surface area contributed by atoms with Gasteiger partial charge in [-0.3, -0.25) is 9.59 Å². The average molecular weight is 417 g/mol. The molecule has 4 rings (SSSR count). The Morgan fingerprint density at radius 2 is 1.93 bits per heavy atom. The first-order valence-corrected chi connectivity index (χ1v) is 11.8. The van der Waals surface area contributed by atoms with E-state index in [2.05, 4.69) is 5.32 Å². The van der Waals surface area contributed by atoms with Gasteiger partial charge in [-0.1, -0.05) is 12.1 Å². The Kier molecular flexibility index (Phi) is 6.32. The predicted molar refractivity (Wildman–Crippen MR) is 113 cm³/mol. The topological polar surface area (TPSA) is 62.6 Å². The number of rotatable bonds is 7. The van der Waals surface area contributed by atoms with E-state index in [0.29, 0.717) is 24.7 Å². The number of hydrogen-bond acceptors (Lipinski definition) is 5. The highest BCUT2D eigenvalue weighted by Gasteiger charge is 2.28. The lowest BCUT2D eigenvalue weighted by Crippen LogP contribution is -2.39. The number of benzene rings is 1. The minimum atomic E-state index is -0.0202. The van der Waals surface area contributed by atoms with Crippen LogP contribution in [0.2, 0.25) is 0 Å². The van der Waals surface area contributed by atoms with Crippen LogP contribution >= 0.6 is 23.5 Å². The van der Waals surface area contributed by atoms with Gasteiger partial charge in [0, 0.05) is 35.4 Å². The first-order chi connectivity index (χ1) is 13.7. The van der Waals surface area contributed by atoms with Crippen molar-refractivity contribution >= 4 is 35.3 Å². The summed E-state index contributed by atoms with van der Waals surface area (Å²) in [5.41, 5.74) is 1.68. The molecule has 0 spiro atoms. The molecule has 1 atom stereocenters. The molecule has 2 amide bonds. The Bertz CT molecular complexity index is 798. The van der Waals surface area contributed by atoms with Crippen molar-refractivity contribution in [3.63, 3.8) is 0 Å². The van der Waals surface area contributed by atoms with E-state index >= 15 is 0 Å². The van der Waals surface area contributed by atoms with Gasteiger partial charge >= 0.3 is 0 Å². The van der Waals surface area contributed by atoms with E-state index in [1.807, 2.05) is 53.1 Å². The van der Waals surface area contributed by atoms with Crippen LogP contribution in [0, 0.1) is 0 Å². The molecular formula is C21H24N2O3S2. The van der Waals surface area contributed by atoms with E-state index in [0.717, 1.165) is 41.4 Å². The molecule has 2 fully saturated rings. The summed E-state index contributed by atoms with van der Waals surface area (Å²) in [6, 6.07) is 11.6. The molecule has 5 nitrogen and oxygen atoms in total. The summed E-state index contributed by atoms with van der Waals surface area (Å²) in [5.74, 6) is 3.90. The van der Waals surface area contributed by atoms with Crippen LogP contribution in [0.25, 0.3) is 0 Å². The molecule has 7 heteroatoms. The minimum absolute atomic E-state index is 0.00250. The summed E-state index contributed by atoms with van der Waals surface area (Å²) in [6.07, 6.45) is 3.78. The van der Waals surface area contributed by atoms with Crippen LogP contribution in [-0.4, -0.2) is 45.3 Å². The zero-order valence-corrected chi connectivity index (χ0v) is 17.3. The number of hydrogen-bond donors (Lipinski definition) is 1. The highest BCUT2D eigenvalue weighted by Crippen LogP contribution is 2.27. The monoisotopic (exact) mass is 416 g/mol. The molecule has 1 aromatic carbocycles. The summed E-state index contributed by atoms with van der Waals surface area (Å²) >= 11 is 3.59. The molecule has 148 valence electrons. The molecule has 1 aliphatic heterocycles. The van der Waals surface area contributed by atoms with Crippen molar-refractivity contribution < 1.29 is 14.0 Å². The molecule has 28 heavy (non-hydrogen) atoms. The number of carbonyl (C=O) groups is 2. The maximum atomic E-state index is 13.1. The number of thioether (sulfide) groups is 2.